The predicted molar refractivity (Wildman–Crippen MR) is 91.4 cm³/mol. The Bertz CT molecular complexity index is 674. The van der Waals surface area contributed by atoms with E-state index >= 15 is 0 Å². The fraction of sp³-hybridized carbons (Fsp3) is 0.412. The molecule has 0 unspecified atom stereocenters. The summed E-state index contributed by atoms with van der Waals surface area (Å²) in [6.07, 6.45) is -0.924. The van der Waals surface area contributed by atoms with E-state index in [0.29, 0.717) is 11.3 Å². The molecule has 8 nitrogen and oxygen atoms in total. The summed E-state index contributed by atoms with van der Waals surface area (Å²) in [5.41, 5.74) is 0.559. The molecule has 0 aliphatic carbocycles. The lowest BCUT2D eigenvalue weighted by Gasteiger charge is -2.19. The second-order valence-electron chi connectivity index (χ2n) is 6.17. The molecule has 0 atom stereocenters. The first-order chi connectivity index (χ1) is 11.7. The number of nitrogens with zero attached hydrogens (tertiary/aromatic N) is 1. The van der Waals surface area contributed by atoms with Crippen LogP contribution < -0.4 is 16.0 Å². The average molecular weight is 346 g/mol. The van der Waals surface area contributed by atoms with E-state index in [0.717, 1.165) is 0 Å². The van der Waals surface area contributed by atoms with Crippen LogP contribution >= 0.6 is 0 Å². The molecule has 0 saturated carbocycles. The van der Waals surface area contributed by atoms with Crippen LogP contribution in [0.3, 0.4) is 0 Å². The third-order valence-corrected chi connectivity index (χ3v) is 2.80. The first-order valence-electron chi connectivity index (χ1n) is 7.69. The van der Waals surface area contributed by atoms with Crippen molar-refractivity contribution in [2.45, 2.75) is 39.3 Å². The van der Waals surface area contributed by atoms with Gasteiger partial charge in [0.2, 0.25) is 11.8 Å². The molecule has 1 rings (SSSR count). The van der Waals surface area contributed by atoms with Gasteiger partial charge < -0.3 is 20.7 Å². The fourth-order valence-corrected chi connectivity index (χ4v) is 1.79. The van der Waals surface area contributed by atoms with Gasteiger partial charge in [-0.2, -0.15) is 5.26 Å². The third-order valence-electron chi connectivity index (χ3n) is 2.80. The van der Waals surface area contributed by atoms with Crippen molar-refractivity contribution < 1.29 is 19.1 Å². The highest BCUT2D eigenvalue weighted by Crippen LogP contribution is 2.15. The highest BCUT2D eigenvalue weighted by molar-refractivity contribution is 5.92. The molecule has 1 aromatic rings. The van der Waals surface area contributed by atoms with Gasteiger partial charge in [-0.3, -0.25) is 9.59 Å². The van der Waals surface area contributed by atoms with Crippen molar-refractivity contribution in [2.75, 3.05) is 11.9 Å². The minimum Gasteiger partial charge on any atom is -0.444 e. The Hall–Kier alpha value is -3.08. The van der Waals surface area contributed by atoms with Crippen molar-refractivity contribution in [1.29, 1.82) is 5.26 Å². The van der Waals surface area contributed by atoms with Crippen molar-refractivity contribution in [1.82, 2.24) is 10.6 Å². The van der Waals surface area contributed by atoms with Crippen LogP contribution in [0.5, 0.6) is 0 Å². The van der Waals surface area contributed by atoms with Crippen molar-refractivity contribution in [2.24, 2.45) is 0 Å². The van der Waals surface area contributed by atoms with Gasteiger partial charge in [-0.15, -0.1) is 0 Å². The van der Waals surface area contributed by atoms with E-state index in [4.69, 9.17) is 10.00 Å². The third kappa shape index (κ3) is 8.37. The summed E-state index contributed by atoms with van der Waals surface area (Å²) in [6, 6.07) is 8.68. The van der Waals surface area contributed by atoms with Crippen LogP contribution in [0.2, 0.25) is 0 Å². The van der Waals surface area contributed by atoms with Crippen molar-refractivity contribution in [3.8, 4) is 6.07 Å². The van der Waals surface area contributed by atoms with Crippen LogP contribution in [0.1, 0.15) is 32.8 Å². The van der Waals surface area contributed by atoms with Crippen molar-refractivity contribution in [3.05, 3.63) is 29.8 Å². The molecule has 0 fully saturated rings. The molecule has 3 N–H and O–H groups in total. The van der Waals surface area contributed by atoms with E-state index < -0.39 is 23.5 Å². The normalized spacial score (nSPS) is 10.3. The summed E-state index contributed by atoms with van der Waals surface area (Å²) < 4.78 is 5.03. The number of para-hydroxylation sites is 1. The van der Waals surface area contributed by atoms with Crippen LogP contribution in [-0.4, -0.2) is 30.1 Å². The van der Waals surface area contributed by atoms with Crippen molar-refractivity contribution >= 4 is 23.6 Å². The molecule has 0 aliphatic rings. The zero-order valence-corrected chi connectivity index (χ0v) is 14.5. The first-order valence-corrected chi connectivity index (χ1v) is 7.69. The maximum absolute atomic E-state index is 11.8. The fourth-order valence-electron chi connectivity index (χ4n) is 1.79. The predicted octanol–water partition coefficient (Wildman–Crippen LogP) is 1.68. The van der Waals surface area contributed by atoms with Gasteiger partial charge in [-0.25, -0.2) is 4.79 Å². The minimum atomic E-state index is -0.674. The van der Waals surface area contributed by atoms with Crippen LogP contribution in [0.15, 0.2) is 24.3 Å². The summed E-state index contributed by atoms with van der Waals surface area (Å²) in [7, 11) is 0. The Morgan fingerprint density at radius 3 is 2.44 bits per heavy atom. The molecule has 0 radical (unpaired) electrons. The summed E-state index contributed by atoms with van der Waals surface area (Å²) >= 11 is 0. The molecule has 0 aliphatic heterocycles. The smallest absolute Gasteiger partial charge is 0.408 e. The lowest BCUT2D eigenvalue weighted by Crippen LogP contribution is -2.39. The molecule has 134 valence electrons. The summed E-state index contributed by atoms with van der Waals surface area (Å²) in [5, 5.41) is 16.1. The number of rotatable bonds is 6. The van der Waals surface area contributed by atoms with Gasteiger partial charge in [0.05, 0.1) is 6.07 Å². The molecule has 3 amide bonds. The number of amides is 3. The first kappa shape index (κ1) is 20.0. The summed E-state index contributed by atoms with van der Waals surface area (Å²) in [5.74, 6) is -0.822. The Morgan fingerprint density at radius 1 is 1.12 bits per heavy atom. The summed E-state index contributed by atoms with van der Waals surface area (Å²) in [4.78, 5) is 34.8. The number of carbonyl (C=O) groups is 3. The van der Waals surface area contributed by atoms with E-state index in [1.807, 2.05) is 0 Å². The van der Waals surface area contributed by atoms with E-state index in [1.165, 1.54) is 0 Å². The zero-order valence-electron chi connectivity index (χ0n) is 14.5. The number of carbonyl (C=O) groups excluding carboxylic acids is 3. The lowest BCUT2D eigenvalue weighted by molar-refractivity contribution is -0.120. The van der Waals surface area contributed by atoms with Crippen LogP contribution in [-0.2, 0) is 20.9 Å². The number of anilines is 1. The molecule has 8 heteroatoms. The van der Waals surface area contributed by atoms with Gasteiger partial charge in [-0.05, 0) is 32.4 Å². The van der Waals surface area contributed by atoms with Gasteiger partial charge in [-0.1, -0.05) is 18.2 Å². The molecular formula is C17H22N4O4. The standard InChI is InChI=1S/C17H22N4O4/c1-17(2,3)25-16(24)20-11-15(23)19-10-12-6-4-5-7-13(12)21-14(22)8-9-18/h4-7H,8,10-11H2,1-3H3,(H,19,23)(H,20,24)(H,21,22). The Balaban J connectivity index is 2.50. The number of nitriles is 1. The number of alkyl carbamates (subject to hydrolysis) is 1. The number of ether oxygens (including phenoxy) is 1. The lowest BCUT2D eigenvalue weighted by atomic mass is 10.1. The van der Waals surface area contributed by atoms with E-state index in [1.54, 1.807) is 51.1 Å². The minimum absolute atomic E-state index is 0.165. The zero-order chi connectivity index (χ0) is 18.9. The molecular weight excluding hydrogens is 324 g/mol. The van der Waals surface area contributed by atoms with Crippen LogP contribution in [0, 0.1) is 11.3 Å². The number of benzene rings is 1. The SMILES string of the molecule is CC(C)(C)OC(=O)NCC(=O)NCc1ccccc1NC(=O)CC#N. The molecule has 0 aromatic heterocycles. The Kier molecular flexibility index (Phi) is 7.41. The van der Waals surface area contributed by atoms with Gasteiger partial charge in [0.25, 0.3) is 0 Å². The molecule has 0 heterocycles. The molecule has 25 heavy (non-hydrogen) atoms. The number of hydrogen-bond acceptors (Lipinski definition) is 5. The quantitative estimate of drug-likeness (QED) is 0.724. The monoisotopic (exact) mass is 346 g/mol. The van der Waals surface area contributed by atoms with E-state index in [2.05, 4.69) is 16.0 Å². The highest BCUT2D eigenvalue weighted by atomic mass is 16.6. The van der Waals surface area contributed by atoms with Crippen LogP contribution in [0.4, 0.5) is 10.5 Å². The topological polar surface area (TPSA) is 120 Å². The second-order valence-corrected chi connectivity index (χ2v) is 6.17. The largest absolute Gasteiger partial charge is 0.444 e. The molecule has 0 bridgehead atoms. The second kappa shape index (κ2) is 9.27. The van der Waals surface area contributed by atoms with Gasteiger partial charge in [0.15, 0.2) is 0 Å². The summed E-state index contributed by atoms with van der Waals surface area (Å²) in [6.45, 7) is 5.12. The van der Waals surface area contributed by atoms with E-state index in [9.17, 15) is 14.4 Å². The maximum Gasteiger partial charge on any atom is 0.408 e. The van der Waals surface area contributed by atoms with Gasteiger partial charge >= 0.3 is 6.09 Å². The van der Waals surface area contributed by atoms with Crippen LogP contribution in [0.25, 0.3) is 0 Å². The van der Waals surface area contributed by atoms with Crippen molar-refractivity contribution in [3.63, 3.8) is 0 Å². The number of nitrogens with one attached hydrogen (secondary N) is 3. The Labute approximate surface area is 146 Å². The maximum atomic E-state index is 11.8. The highest BCUT2D eigenvalue weighted by Gasteiger charge is 2.16. The Morgan fingerprint density at radius 2 is 1.80 bits per heavy atom. The molecule has 0 saturated heterocycles. The van der Waals surface area contributed by atoms with Gasteiger partial charge in [0, 0.05) is 12.2 Å². The van der Waals surface area contributed by atoms with Gasteiger partial charge in [0.1, 0.15) is 18.6 Å². The van der Waals surface area contributed by atoms with E-state index in [-0.39, 0.29) is 19.5 Å². The average Bonchev–Trinajstić information content (AvgIpc) is 2.50. The molecule has 0 spiro atoms. The number of hydrogen-bond donors (Lipinski definition) is 3. The molecule has 1 aromatic carbocycles.